The number of hydrogen-bond acceptors (Lipinski definition) is 2. The van der Waals surface area contributed by atoms with Gasteiger partial charge in [-0.05, 0) is 19.1 Å². The normalized spacial score (nSPS) is 11.1. The van der Waals surface area contributed by atoms with Crippen LogP contribution in [-0.4, -0.2) is 19.8 Å². The van der Waals surface area contributed by atoms with E-state index in [9.17, 15) is 0 Å². The molecule has 4 nitrogen and oxygen atoms in total. The number of fused-ring (bicyclic) bond motifs is 1. The third-order valence-corrected chi connectivity index (χ3v) is 2.77. The molecular weight excluding hydrogens is 224 g/mol. The van der Waals surface area contributed by atoms with Crippen molar-refractivity contribution < 1.29 is 0 Å². The minimum Gasteiger partial charge on any atom is -0.295 e. The Morgan fingerprint density at radius 3 is 2.88 bits per heavy atom. The molecule has 0 aliphatic heterocycles. The van der Waals surface area contributed by atoms with Crippen LogP contribution in [0.2, 0.25) is 5.02 Å². The smallest absolute Gasteiger partial charge is 0.184 e. The van der Waals surface area contributed by atoms with Crippen molar-refractivity contribution in [2.45, 2.75) is 6.92 Å². The zero-order chi connectivity index (χ0) is 11.1. The van der Waals surface area contributed by atoms with Gasteiger partial charge in [-0.2, -0.15) is 0 Å². The average molecular weight is 233 g/mol. The van der Waals surface area contributed by atoms with E-state index in [0.717, 1.165) is 22.7 Å². The summed E-state index contributed by atoms with van der Waals surface area (Å²) in [6.07, 6.45) is 0. The summed E-state index contributed by atoms with van der Waals surface area (Å²) in [6, 6.07) is 9.53. The lowest BCUT2D eigenvalue weighted by molar-refractivity contribution is 0.938. The van der Waals surface area contributed by atoms with Gasteiger partial charge in [0.05, 0.1) is 5.02 Å². The van der Waals surface area contributed by atoms with E-state index in [2.05, 4.69) is 15.3 Å². The maximum atomic E-state index is 6.13. The minimum atomic E-state index is 0.670. The Bertz CT molecular complexity index is 653. The van der Waals surface area contributed by atoms with Gasteiger partial charge in [0.15, 0.2) is 11.5 Å². The number of nitrogens with one attached hydrogen (secondary N) is 1. The van der Waals surface area contributed by atoms with Crippen molar-refractivity contribution in [2.24, 2.45) is 0 Å². The zero-order valence-electron chi connectivity index (χ0n) is 8.61. The highest BCUT2D eigenvalue weighted by Crippen LogP contribution is 2.26. The van der Waals surface area contributed by atoms with E-state index in [4.69, 9.17) is 11.6 Å². The number of aromatic amines is 1. The van der Waals surface area contributed by atoms with Crippen LogP contribution in [0.3, 0.4) is 0 Å². The van der Waals surface area contributed by atoms with Crippen LogP contribution in [0.15, 0.2) is 30.3 Å². The van der Waals surface area contributed by atoms with E-state index >= 15 is 0 Å². The summed E-state index contributed by atoms with van der Waals surface area (Å²) in [5, 5.41) is 12.0. The number of benzene rings is 1. The van der Waals surface area contributed by atoms with Crippen molar-refractivity contribution in [3.05, 3.63) is 41.0 Å². The number of nitrogens with zero attached hydrogens (tertiary/aromatic N) is 3. The lowest BCUT2D eigenvalue weighted by atomic mass is 10.2. The Balaban J connectivity index is 2.30. The van der Waals surface area contributed by atoms with Crippen LogP contribution >= 0.6 is 11.6 Å². The molecule has 0 fully saturated rings. The minimum absolute atomic E-state index is 0.670. The monoisotopic (exact) mass is 232 g/mol. The number of hydrogen-bond donors (Lipinski definition) is 1. The number of H-pyrrole nitrogens is 1. The third-order valence-electron chi connectivity index (χ3n) is 2.44. The Morgan fingerprint density at radius 2 is 2.06 bits per heavy atom. The van der Waals surface area contributed by atoms with Gasteiger partial charge in [-0.15, -0.1) is 10.2 Å². The van der Waals surface area contributed by atoms with E-state index in [1.807, 2.05) is 41.8 Å². The lowest BCUT2D eigenvalue weighted by Crippen LogP contribution is -1.91. The van der Waals surface area contributed by atoms with Crippen molar-refractivity contribution in [3.63, 3.8) is 0 Å². The van der Waals surface area contributed by atoms with Crippen LogP contribution in [0.4, 0.5) is 0 Å². The molecule has 5 heteroatoms. The zero-order valence-corrected chi connectivity index (χ0v) is 9.36. The number of rotatable bonds is 1. The maximum absolute atomic E-state index is 6.13. The largest absolute Gasteiger partial charge is 0.295 e. The molecule has 0 spiro atoms. The van der Waals surface area contributed by atoms with Gasteiger partial charge in [0.1, 0.15) is 0 Å². The number of aryl methyl sites for hydroxylation is 1. The van der Waals surface area contributed by atoms with Crippen molar-refractivity contribution in [1.29, 1.82) is 0 Å². The quantitative estimate of drug-likeness (QED) is 0.701. The van der Waals surface area contributed by atoms with Crippen LogP contribution in [0.1, 0.15) is 5.69 Å². The SMILES string of the molecule is Cc1cc2nnc(-c3ccccc3Cl)n2[nH]1. The van der Waals surface area contributed by atoms with Crippen molar-refractivity contribution in [1.82, 2.24) is 19.8 Å². The molecule has 0 aliphatic carbocycles. The first-order chi connectivity index (χ1) is 7.75. The lowest BCUT2D eigenvalue weighted by Gasteiger charge is -1.99. The molecule has 0 amide bonds. The maximum Gasteiger partial charge on any atom is 0.184 e. The Labute approximate surface area is 96.9 Å². The fourth-order valence-electron chi connectivity index (χ4n) is 1.72. The summed E-state index contributed by atoms with van der Waals surface area (Å²) in [4.78, 5) is 0. The molecule has 0 saturated carbocycles. The van der Waals surface area contributed by atoms with Gasteiger partial charge in [0, 0.05) is 17.3 Å². The Kier molecular flexibility index (Phi) is 1.97. The number of aromatic nitrogens is 4. The topological polar surface area (TPSA) is 46.0 Å². The molecule has 2 aromatic heterocycles. The van der Waals surface area contributed by atoms with E-state index in [1.165, 1.54) is 0 Å². The van der Waals surface area contributed by atoms with Crippen molar-refractivity contribution >= 4 is 17.2 Å². The molecule has 16 heavy (non-hydrogen) atoms. The average Bonchev–Trinajstić information content (AvgIpc) is 2.78. The van der Waals surface area contributed by atoms with Crippen molar-refractivity contribution in [3.8, 4) is 11.4 Å². The van der Waals surface area contributed by atoms with Gasteiger partial charge in [-0.3, -0.25) is 5.10 Å². The molecule has 0 saturated heterocycles. The molecule has 0 unspecified atom stereocenters. The summed E-state index contributed by atoms with van der Waals surface area (Å²) in [7, 11) is 0. The molecule has 0 bridgehead atoms. The van der Waals surface area contributed by atoms with Crippen LogP contribution in [0.25, 0.3) is 17.0 Å². The van der Waals surface area contributed by atoms with Crippen LogP contribution in [0, 0.1) is 6.92 Å². The number of halogens is 1. The Hall–Kier alpha value is -1.81. The highest BCUT2D eigenvalue weighted by Gasteiger charge is 2.11. The molecular formula is C11H9ClN4. The van der Waals surface area contributed by atoms with Crippen LogP contribution in [-0.2, 0) is 0 Å². The molecule has 3 aromatic rings. The highest BCUT2D eigenvalue weighted by molar-refractivity contribution is 6.33. The van der Waals surface area contributed by atoms with Gasteiger partial charge >= 0.3 is 0 Å². The van der Waals surface area contributed by atoms with E-state index < -0.39 is 0 Å². The van der Waals surface area contributed by atoms with E-state index in [-0.39, 0.29) is 0 Å². The molecule has 1 N–H and O–H groups in total. The van der Waals surface area contributed by atoms with Crippen molar-refractivity contribution in [2.75, 3.05) is 0 Å². The fourth-order valence-corrected chi connectivity index (χ4v) is 1.94. The van der Waals surface area contributed by atoms with E-state index in [0.29, 0.717) is 5.02 Å². The first kappa shape index (κ1) is 9.42. The first-order valence-corrected chi connectivity index (χ1v) is 5.29. The molecule has 0 radical (unpaired) electrons. The van der Waals surface area contributed by atoms with Gasteiger partial charge in [0.2, 0.25) is 0 Å². The van der Waals surface area contributed by atoms with Crippen LogP contribution < -0.4 is 0 Å². The molecule has 80 valence electrons. The second kappa shape index (κ2) is 3.35. The summed E-state index contributed by atoms with van der Waals surface area (Å²) in [6.45, 7) is 1.98. The van der Waals surface area contributed by atoms with Crippen LogP contribution in [0.5, 0.6) is 0 Å². The highest BCUT2D eigenvalue weighted by atomic mass is 35.5. The second-order valence-corrected chi connectivity index (χ2v) is 4.04. The molecule has 0 aliphatic rings. The summed E-state index contributed by atoms with van der Waals surface area (Å²) in [5.41, 5.74) is 2.71. The predicted octanol–water partition coefficient (Wildman–Crippen LogP) is 2.69. The standard InChI is InChI=1S/C11H9ClN4/c1-7-6-10-13-14-11(16(10)15-7)8-4-2-3-5-9(8)12/h2-6,15H,1H3. The summed E-state index contributed by atoms with van der Waals surface area (Å²) >= 11 is 6.13. The van der Waals surface area contributed by atoms with Gasteiger partial charge in [-0.25, -0.2) is 4.52 Å². The summed E-state index contributed by atoms with van der Waals surface area (Å²) < 4.78 is 1.83. The molecule has 2 heterocycles. The molecule has 1 aromatic carbocycles. The predicted molar refractivity (Wildman–Crippen MR) is 62.5 cm³/mol. The van der Waals surface area contributed by atoms with E-state index in [1.54, 1.807) is 0 Å². The summed E-state index contributed by atoms with van der Waals surface area (Å²) in [5.74, 6) is 0.730. The second-order valence-electron chi connectivity index (χ2n) is 3.64. The van der Waals surface area contributed by atoms with Gasteiger partial charge in [0.25, 0.3) is 0 Å². The third kappa shape index (κ3) is 1.31. The first-order valence-electron chi connectivity index (χ1n) is 4.91. The Morgan fingerprint density at radius 1 is 1.25 bits per heavy atom. The molecule has 3 rings (SSSR count). The fraction of sp³-hybridized carbons (Fsp3) is 0.0909. The van der Waals surface area contributed by atoms with Gasteiger partial charge in [-0.1, -0.05) is 23.7 Å². The molecule has 0 atom stereocenters. The van der Waals surface area contributed by atoms with Gasteiger partial charge < -0.3 is 0 Å².